The van der Waals surface area contributed by atoms with Gasteiger partial charge in [-0.3, -0.25) is 4.90 Å². The van der Waals surface area contributed by atoms with E-state index in [2.05, 4.69) is 24.9 Å². The first-order valence-electron chi connectivity index (χ1n) is 8.95. The van der Waals surface area contributed by atoms with Crippen LogP contribution in [0.5, 0.6) is 0 Å². The maximum atomic E-state index is 12.0. The second kappa shape index (κ2) is 6.96. The fourth-order valence-electron chi connectivity index (χ4n) is 3.28. The Morgan fingerprint density at radius 1 is 1.23 bits per heavy atom. The third kappa shape index (κ3) is 3.88. The molecule has 0 N–H and O–H groups in total. The topological polar surface area (TPSA) is 92.4 Å². The van der Waals surface area contributed by atoms with E-state index in [0.29, 0.717) is 29.7 Å². The minimum Gasteiger partial charge on any atom is -0.354 e. The van der Waals surface area contributed by atoms with E-state index in [9.17, 15) is 8.42 Å². The van der Waals surface area contributed by atoms with Crippen LogP contribution in [0.4, 0.5) is 5.82 Å². The van der Waals surface area contributed by atoms with E-state index in [4.69, 9.17) is 4.52 Å². The van der Waals surface area contributed by atoms with Crippen LogP contribution in [-0.4, -0.2) is 60.9 Å². The summed E-state index contributed by atoms with van der Waals surface area (Å²) in [6.07, 6.45) is 6.09. The Kier molecular flexibility index (Phi) is 4.66. The van der Waals surface area contributed by atoms with Crippen LogP contribution in [-0.2, 0) is 16.4 Å². The molecule has 0 unspecified atom stereocenters. The molecular formula is C17H23N5O3S. The molecule has 0 radical (unpaired) electrons. The van der Waals surface area contributed by atoms with Gasteiger partial charge < -0.3 is 9.42 Å². The van der Waals surface area contributed by atoms with Crippen molar-refractivity contribution in [3.8, 4) is 0 Å². The van der Waals surface area contributed by atoms with Crippen LogP contribution in [0.3, 0.4) is 0 Å². The standard InChI is InChI=1S/C17H23N5O3S/c1-26(23,24)14-4-2-7-18-16(14)22-9-3-8-21(10-11-22)12-15-19-17(25-20-15)13-5-6-13/h2,4,7,13H,3,5-6,8-12H2,1H3. The van der Waals surface area contributed by atoms with E-state index in [1.807, 2.05) is 0 Å². The highest BCUT2D eigenvalue weighted by Gasteiger charge is 2.30. The predicted octanol–water partition coefficient (Wildman–Crippen LogP) is 1.46. The Morgan fingerprint density at radius 3 is 2.85 bits per heavy atom. The number of sulfone groups is 1. The highest BCUT2D eigenvalue weighted by Crippen LogP contribution is 2.38. The summed E-state index contributed by atoms with van der Waals surface area (Å²) >= 11 is 0. The van der Waals surface area contributed by atoms with Gasteiger partial charge in [0.1, 0.15) is 10.7 Å². The summed E-state index contributed by atoms with van der Waals surface area (Å²) in [6.45, 7) is 3.85. The fourth-order valence-corrected chi connectivity index (χ4v) is 4.12. The molecule has 0 spiro atoms. The van der Waals surface area contributed by atoms with Gasteiger partial charge in [0.05, 0.1) is 6.54 Å². The average molecular weight is 377 g/mol. The summed E-state index contributed by atoms with van der Waals surface area (Å²) < 4.78 is 29.4. The van der Waals surface area contributed by atoms with Crippen molar-refractivity contribution in [2.24, 2.45) is 0 Å². The number of nitrogens with zero attached hydrogens (tertiary/aromatic N) is 5. The molecule has 2 aromatic rings. The summed E-state index contributed by atoms with van der Waals surface area (Å²) in [4.78, 5) is 13.5. The molecule has 2 aliphatic rings. The van der Waals surface area contributed by atoms with Gasteiger partial charge in [0.15, 0.2) is 15.7 Å². The van der Waals surface area contributed by atoms with Gasteiger partial charge >= 0.3 is 0 Å². The molecule has 9 heteroatoms. The van der Waals surface area contributed by atoms with Gasteiger partial charge in [0.2, 0.25) is 5.89 Å². The number of pyridine rings is 1. The monoisotopic (exact) mass is 377 g/mol. The Balaban J connectivity index is 1.43. The Bertz CT molecular complexity index is 878. The van der Waals surface area contributed by atoms with Gasteiger partial charge in [0, 0.05) is 44.5 Å². The van der Waals surface area contributed by atoms with Crippen LogP contribution in [0.1, 0.15) is 36.9 Å². The van der Waals surface area contributed by atoms with Crippen LogP contribution in [0, 0.1) is 0 Å². The minimum atomic E-state index is -3.31. The van der Waals surface area contributed by atoms with Crippen molar-refractivity contribution < 1.29 is 12.9 Å². The van der Waals surface area contributed by atoms with Crippen molar-refractivity contribution >= 4 is 15.7 Å². The molecule has 0 aromatic carbocycles. The van der Waals surface area contributed by atoms with Crippen molar-refractivity contribution in [1.82, 2.24) is 20.0 Å². The molecule has 1 saturated heterocycles. The van der Waals surface area contributed by atoms with Crippen molar-refractivity contribution in [3.05, 3.63) is 30.0 Å². The normalized spacial score (nSPS) is 19.5. The molecule has 0 bridgehead atoms. The van der Waals surface area contributed by atoms with Crippen LogP contribution in [0.15, 0.2) is 27.7 Å². The summed E-state index contributed by atoms with van der Waals surface area (Å²) in [5.41, 5.74) is 0. The molecule has 0 atom stereocenters. The van der Waals surface area contributed by atoms with Crippen molar-refractivity contribution in [2.75, 3.05) is 37.3 Å². The number of hydrogen-bond acceptors (Lipinski definition) is 8. The van der Waals surface area contributed by atoms with E-state index in [1.165, 1.54) is 6.26 Å². The highest BCUT2D eigenvalue weighted by atomic mass is 32.2. The third-order valence-corrected chi connectivity index (χ3v) is 5.93. The SMILES string of the molecule is CS(=O)(=O)c1cccnc1N1CCCN(Cc2noc(C3CC3)n2)CC1. The minimum absolute atomic E-state index is 0.292. The summed E-state index contributed by atoms with van der Waals surface area (Å²) in [5.74, 6) is 2.51. The zero-order valence-corrected chi connectivity index (χ0v) is 15.7. The van der Waals surface area contributed by atoms with Gasteiger partial charge in [-0.1, -0.05) is 5.16 Å². The quantitative estimate of drug-likeness (QED) is 0.773. The number of hydrogen-bond donors (Lipinski definition) is 0. The lowest BCUT2D eigenvalue weighted by molar-refractivity contribution is 0.271. The molecule has 1 aliphatic carbocycles. The van der Waals surface area contributed by atoms with E-state index in [0.717, 1.165) is 50.6 Å². The molecule has 0 amide bonds. The summed E-state index contributed by atoms with van der Waals surface area (Å²) in [7, 11) is -3.31. The van der Waals surface area contributed by atoms with Gasteiger partial charge in [-0.2, -0.15) is 4.98 Å². The van der Waals surface area contributed by atoms with E-state index >= 15 is 0 Å². The van der Waals surface area contributed by atoms with Gasteiger partial charge in [-0.05, 0) is 31.4 Å². The second-order valence-corrected chi connectivity index (χ2v) is 9.02. The first-order chi connectivity index (χ1) is 12.5. The van der Waals surface area contributed by atoms with Gasteiger partial charge in [0.25, 0.3) is 0 Å². The largest absolute Gasteiger partial charge is 0.354 e. The number of aromatic nitrogens is 3. The molecule has 2 fully saturated rings. The van der Waals surface area contributed by atoms with Crippen molar-refractivity contribution in [2.45, 2.75) is 36.6 Å². The Morgan fingerprint density at radius 2 is 2.08 bits per heavy atom. The second-order valence-electron chi connectivity index (χ2n) is 7.04. The van der Waals surface area contributed by atoms with E-state index in [-0.39, 0.29) is 0 Å². The number of rotatable bonds is 5. The smallest absolute Gasteiger partial charge is 0.229 e. The first-order valence-corrected chi connectivity index (χ1v) is 10.8. The Labute approximate surface area is 153 Å². The molecular weight excluding hydrogens is 354 g/mol. The third-order valence-electron chi connectivity index (χ3n) is 4.81. The molecule has 3 heterocycles. The van der Waals surface area contributed by atoms with Crippen LogP contribution < -0.4 is 4.90 Å². The lowest BCUT2D eigenvalue weighted by Gasteiger charge is -2.23. The maximum absolute atomic E-state index is 12.0. The van der Waals surface area contributed by atoms with Crippen molar-refractivity contribution in [1.29, 1.82) is 0 Å². The molecule has 8 nitrogen and oxygen atoms in total. The molecule has 1 saturated carbocycles. The lowest BCUT2D eigenvalue weighted by atomic mass is 10.3. The summed E-state index contributed by atoms with van der Waals surface area (Å²) in [5, 5.41) is 4.09. The van der Waals surface area contributed by atoms with Gasteiger partial charge in [-0.25, -0.2) is 13.4 Å². The summed E-state index contributed by atoms with van der Waals surface area (Å²) in [6, 6.07) is 3.29. The lowest BCUT2D eigenvalue weighted by Crippen LogP contribution is -2.32. The molecule has 140 valence electrons. The molecule has 26 heavy (non-hydrogen) atoms. The molecule has 2 aromatic heterocycles. The predicted molar refractivity (Wildman–Crippen MR) is 95.7 cm³/mol. The fraction of sp³-hybridized carbons (Fsp3) is 0.588. The molecule has 4 rings (SSSR count). The van der Waals surface area contributed by atoms with Gasteiger partial charge in [-0.15, -0.1) is 0 Å². The first kappa shape index (κ1) is 17.4. The average Bonchev–Trinajstić information content (AvgIpc) is 3.39. The van der Waals surface area contributed by atoms with E-state index in [1.54, 1.807) is 18.3 Å². The highest BCUT2D eigenvalue weighted by molar-refractivity contribution is 7.90. The van der Waals surface area contributed by atoms with Crippen molar-refractivity contribution in [3.63, 3.8) is 0 Å². The van der Waals surface area contributed by atoms with Crippen LogP contribution in [0.2, 0.25) is 0 Å². The Hall–Kier alpha value is -2.00. The zero-order chi connectivity index (χ0) is 18.1. The maximum Gasteiger partial charge on any atom is 0.229 e. The number of anilines is 1. The molecule has 1 aliphatic heterocycles. The van der Waals surface area contributed by atoms with E-state index < -0.39 is 9.84 Å². The van der Waals surface area contributed by atoms with Crippen LogP contribution >= 0.6 is 0 Å². The van der Waals surface area contributed by atoms with Crippen LogP contribution in [0.25, 0.3) is 0 Å². The zero-order valence-electron chi connectivity index (χ0n) is 14.8.